The number of carboxylic acids is 1. The van der Waals surface area contributed by atoms with Gasteiger partial charge in [-0.15, -0.1) is 0 Å². The van der Waals surface area contributed by atoms with Gasteiger partial charge in [0, 0.05) is 0 Å². The van der Waals surface area contributed by atoms with E-state index >= 15 is 0 Å². The average Bonchev–Trinajstić information content (AvgIpc) is 2.07. The lowest BCUT2D eigenvalue weighted by Gasteiger charge is -2.35. The van der Waals surface area contributed by atoms with Gasteiger partial charge in [0.05, 0.1) is 0 Å². The fourth-order valence-electron chi connectivity index (χ4n) is 1.05. The van der Waals surface area contributed by atoms with Crippen molar-refractivity contribution in [2.24, 2.45) is 0 Å². The minimum atomic E-state index is -2.06. The summed E-state index contributed by atoms with van der Waals surface area (Å²) in [4.78, 5) is 10.3. The molecule has 0 aromatic carbocycles. The molecule has 0 amide bonds. The van der Waals surface area contributed by atoms with Crippen LogP contribution in [0.2, 0.25) is 0 Å². The first kappa shape index (κ1) is 10.4. The van der Waals surface area contributed by atoms with Gasteiger partial charge in [-0.05, 0) is 0 Å². The second kappa shape index (κ2) is 3.56. The summed E-state index contributed by atoms with van der Waals surface area (Å²) in [5, 5.41) is 46.1. The van der Waals surface area contributed by atoms with E-state index in [0.717, 1.165) is 0 Å². The molecule has 0 aromatic heterocycles. The van der Waals surface area contributed by atoms with Gasteiger partial charge in [-0.2, -0.15) is 5.11 Å². The highest BCUT2D eigenvalue weighted by atomic mass is 16.6. The van der Waals surface area contributed by atoms with Crippen molar-refractivity contribution in [3.05, 3.63) is 0 Å². The molecule has 1 rings (SSSR count). The first-order valence-electron chi connectivity index (χ1n) is 3.53. The van der Waals surface area contributed by atoms with E-state index in [4.69, 9.17) is 20.4 Å². The van der Waals surface area contributed by atoms with E-state index < -0.39 is 36.7 Å². The Kier molecular flexibility index (Phi) is 2.84. The quantitative estimate of drug-likeness (QED) is 0.359. The van der Waals surface area contributed by atoms with Crippen LogP contribution in [0.4, 0.5) is 0 Å². The van der Waals surface area contributed by atoms with Crippen molar-refractivity contribution in [3.63, 3.8) is 0 Å². The minimum Gasteiger partial charge on any atom is -0.479 e. The highest BCUT2D eigenvalue weighted by Crippen LogP contribution is 2.19. The molecule has 1 radical (unpaired) electrons. The molecule has 1 aliphatic heterocycles. The number of hydrogen-bond donors (Lipinski definition) is 4. The largest absolute Gasteiger partial charge is 0.479 e. The molecule has 5 atom stereocenters. The Morgan fingerprint density at radius 1 is 1.08 bits per heavy atom. The van der Waals surface area contributed by atoms with Crippen LogP contribution >= 0.6 is 0 Å². The molecule has 1 aliphatic rings. The van der Waals surface area contributed by atoms with Crippen LogP contribution in [0.1, 0.15) is 0 Å². The summed E-state index contributed by atoms with van der Waals surface area (Å²) in [6, 6.07) is 0. The Morgan fingerprint density at radius 2 is 1.62 bits per heavy atom. The van der Waals surface area contributed by atoms with E-state index in [1.165, 1.54) is 0 Å². The Bertz CT molecular complexity index is 205. The zero-order valence-corrected chi connectivity index (χ0v) is 6.40. The third-order valence-corrected chi connectivity index (χ3v) is 1.81. The lowest BCUT2D eigenvalue weighted by atomic mass is 9.99. The van der Waals surface area contributed by atoms with Crippen molar-refractivity contribution < 1.29 is 35.1 Å². The van der Waals surface area contributed by atoms with Crippen LogP contribution in [0.5, 0.6) is 0 Å². The van der Waals surface area contributed by atoms with Crippen molar-refractivity contribution in [1.29, 1.82) is 0 Å². The molecule has 1 fully saturated rings. The second-order valence-corrected chi connectivity index (χ2v) is 2.74. The van der Waals surface area contributed by atoms with Gasteiger partial charge in [0.2, 0.25) is 6.29 Å². The van der Waals surface area contributed by atoms with Gasteiger partial charge in [-0.25, -0.2) is 4.79 Å². The predicted molar refractivity (Wildman–Crippen MR) is 35.0 cm³/mol. The summed E-state index contributed by atoms with van der Waals surface area (Å²) >= 11 is 0. The lowest BCUT2D eigenvalue weighted by Crippen LogP contribution is -2.59. The summed E-state index contributed by atoms with van der Waals surface area (Å²) in [6.07, 6.45) is -9.25. The van der Waals surface area contributed by atoms with Crippen LogP contribution in [-0.4, -0.2) is 57.1 Å². The van der Waals surface area contributed by atoms with E-state index in [0.29, 0.717) is 0 Å². The van der Waals surface area contributed by atoms with Crippen LogP contribution in [-0.2, 0) is 14.6 Å². The molecule has 7 nitrogen and oxygen atoms in total. The lowest BCUT2D eigenvalue weighted by molar-refractivity contribution is -0.296. The first-order valence-corrected chi connectivity index (χ1v) is 3.53. The molecule has 7 heteroatoms. The zero-order valence-electron chi connectivity index (χ0n) is 6.40. The number of carboxylic acid groups (broad SMARTS) is 1. The predicted octanol–water partition coefficient (Wildman–Crippen LogP) is -2.69. The van der Waals surface area contributed by atoms with Crippen LogP contribution in [0.25, 0.3) is 0 Å². The normalized spacial score (nSPS) is 46.0. The molecule has 0 spiro atoms. The number of carbonyl (C=O) groups is 1. The smallest absolute Gasteiger partial charge is 0.335 e. The van der Waals surface area contributed by atoms with E-state index in [1.54, 1.807) is 0 Å². The number of aliphatic hydroxyl groups excluding tert-OH is 3. The van der Waals surface area contributed by atoms with Gasteiger partial charge in [0.1, 0.15) is 18.3 Å². The number of aliphatic hydroxyl groups is 3. The average molecular weight is 193 g/mol. The Balaban J connectivity index is 2.76. The van der Waals surface area contributed by atoms with Gasteiger partial charge in [0.15, 0.2) is 6.10 Å². The SMILES string of the molecule is [O]C1O[C@H](C(=O)O)[C@@H](O)[C@H](O)[C@H]1O. The molecule has 13 heavy (non-hydrogen) atoms. The number of hydrogen-bond acceptors (Lipinski definition) is 5. The molecule has 75 valence electrons. The Hall–Kier alpha value is -0.730. The fraction of sp³-hybridized carbons (Fsp3) is 0.833. The van der Waals surface area contributed by atoms with Crippen LogP contribution in [0.15, 0.2) is 0 Å². The van der Waals surface area contributed by atoms with Crippen LogP contribution in [0, 0.1) is 0 Å². The van der Waals surface area contributed by atoms with Crippen molar-refractivity contribution in [2.75, 3.05) is 0 Å². The third-order valence-electron chi connectivity index (χ3n) is 1.81. The van der Waals surface area contributed by atoms with Gasteiger partial charge in [-0.1, -0.05) is 0 Å². The Labute approximate surface area is 72.8 Å². The first-order chi connectivity index (χ1) is 5.95. The van der Waals surface area contributed by atoms with E-state index in [2.05, 4.69) is 4.74 Å². The standard InChI is InChI=1S/C6H9O7/c7-1-2(8)4(5(10)11)13-6(12)3(1)9/h1-4,6-9H,(H,10,11)/t1-,2-,3+,4-,6?/m0/s1. The molecule has 0 bridgehead atoms. The minimum absolute atomic E-state index is 1.56. The molecule has 1 unspecified atom stereocenters. The number of ether oxygens (including phenoxy) is 1. The van der Waals surface area contributed by atoms with Crippen LogP contribution in [0.3, 0.4) is 0 Å². The van der Waals surface area contributed by atoms with Crippen molar-refractivity contribution in [2.45, 2.75) is 30.7 Å². The summed E-state index contributed by atoms with van der Waals surface area (Å²) in [6.45, 7) is 0. The maximum Gasteiger partial charge on any atom is 0.335 e. The highest BCUT2D eigenvalue weighted by Gasteiger charge is 2.46. The summed E-state index contributed by atoms with van der Waals surface area (Å²) < 4.78 is 4.23. The number of aliphatic carboxylic acids is 1. The molecule has 4 N–H and O–H groups in total. The molecule has 1 heterocycles. The number of rotatable bonds is 1. The van der Waals surface area contributed by atoms with E-state index in [-0.39, 0.29) is 0 Å². The monoisotopic (exact) mass is 193 g/mol. The van der Waals surface area contributed by atoms with Crippen molar-refractivity contribution in [1.82, 2.24) is 0 Å². The summed E-state index contributed by atoms with van der Waals surface area (Å²) in [5.74, 6) is -1.56. The van der Waals surface area contributed by atoms with Gasteiger partial charge >= 0.3 is 5.97 Å². The zero-order chi connectivity index (χ0) is 10.2. The fourth-order valence-corrected chi connectivity index (χ4v) is 1.05. The Morgan fingerprint density at radius 3 is 2.08 bits per heavy atom. The third kappa shape index (κ3) is 1.79. The summed E-state index contributed by atoms with van der Waals surface area (Å²) in [7, 11) is 0. The van der Waals surface area contributed by atoms with E-state index in [9.17, 15) is 9.90 Å². The maximum absolute atomic E-state index is 10.7. The topological polar surface area (TPSA) is 127 Å². The van der Waals surface area contributed by atoms with E-state index in [1.807, 2.05) is 0 Å². The van der Waals surface area contributed by atoms with Crippen LogP contribution < -0.4 is 0 Å². The molecule has 0 aliphatic carbocycles. The highest BCUT2D eigenvalue weighted by molar-refractivity contribution is 5.73. The molecular weight excluding hydrogens is 184 g/mol. The van der Waals surface area contributed by atoms with Crippen molar-refractivity contribution >= 4 is 5.97 Å². The maximum atomic E-state index is 10.7. The van der Waals surface area contributed by atoms with Gasteiger partial charge in [-0.3, -0.25) is 0 Å². The molecular formula is C6H9O7. The second-order valence-electron chi connectivity index (χ2n) is 2.74. The van der Waals surface area contributed by atoms with Crippen molar-refractivity contribution in [3.8, 4) is 0 Å². The van der Waals surface area contributed by atoms with Gasteiger partial charge in [0.25, 0.3) is 0 Å². The molecule has 1 saturated heterocycles. The molecule has 0 aromatic rings. The van der Waals surface area contributed by atoms with Gasteiger partial charge < -0.3 is 25.2 Å². The summed E-state index contributed by atoms with van der Waals surface area (Å²) in [5.41, 5.74) is 0. The molecule has 0 saturated carbocycles.